The van der Waals surface area contributed by atoms with Crippen molar-refractivity contribution in [2.75, 3.05) is 6.54 Å². The van der Waals surface area contributed by atoms with Crippen molar-refractivity contribution in [1.82, 2.24) is 14.9 Å². The number of hydrogen-bond donors (Lipinski definition) is 0. The molecule has 1 aliphatic heterocycles. The number of aromatic nitrogens is 2. The molecular formula is C25H19ClFN3O3. The molecule has 2 aromatic carbocycles. The molecule has 5 rings (SSSR count). The molecule has 4 aromatic rings. The molecule has 0 radical (unpaired) electrons. The van der Waals surface area contributed by atoms with Crippen molar-refractivity contribution in [3.8, 4) is 34.3 Å². The number of nitrogens with zero attached hydrogens (tertiary/aromatic N) is 3. The molecule has 0 N–H and O–H groups in total. The molecule has 8 heteroatoms. The molecule has 0 spiro atoms. The van der Waals surface area contributed by atoms with Gasteiger partial charge in [0, 0.05) is 54.7 Å². The second kappa shape index (κ2) is 9.03. The lowest BCUT2D eigenvalue weighted by molar-refractivity contribution is -0.128. The van der Waals surface area contributed by atoms with Crippen LogP contribution in [-0.2, 0) is 11.3 Å². The number of likely N-dealkylation sites (tertiary alicyclic amines) is 1. The van der Waals surface area contributed by atoms with Crippen molar-refractivity contribution >= 4 is 17.5 Å². The van der Waals surface area contributed by atoms with Gasteiger partial charge in [0.2, 0.25) is 11.8 Å². The summed E-state index contributed by atoms with van der Waals surface area (Å²) in [5.41, 5.74) is 2.29. The van der Waals surface area contributed by atoms with Crippen molar-refractivity contribution in [3.63, 3.8) is 0 Å². The summed E-state index contributed by atoms with van der Waals surface area (Å²) in [5.74, 6) is 1.31. The predicted molar refractivity (Wildman–Crippen MR) is 121 cm³/mol. The molecule has 33 heavy (non-hydrogen) atoms. The highest BCUT2D eigenvalue weighted by atomic mass is 35.5. The Bertz CT molecular complexity index is 1310. The first-order valence-corrected chi connectivity index (χ1v) is 10.8. The van der Waals surface area contributed by atoms with E-state index >= 15 is 0 Å². The number of benzene rings is 2. The van der Waals surface area contributed by atoms with E-state index in [4.69, 9.17) is 20.8 Å². The first-order valence-electron chi connectivity index (χ1n) is 10.5. The molecule has 1 saturated heterocycles. The molecule has 1 aliphatic rings. The summed E-state index contributed by atoms with van der Waals surface area (Å²) in [5, 5.41) is 0.0155. The summed E-state index contributed by atoms with van der Waals surface area (Å²) >= 11 is 5.80. The number of amides is 1. The lowest BCUT2D eigenvalue weighted by Crippen LogP contribution is -2.24. The number of hydrogen-bond acceptors (Lipinski definition) is 5. The Morgan fingerprint density at radius 3 is 2.79 bits per heavy atom. The standard InChI is InChI=1S/C25H19ClFN3O3/c26-20-8-7-19(12-21(20)27)32-22-11-16(5-6-18(22)15-30-10-2-4-24(30)31)25-29-14-23(33-25)17-3-1-9-28-13-17/h1,3,5-9,11-14H,2,4,10,15H2. The van der Waals surface area contributed by atoms with Crippen LogP contribution < -0.4 is 4.74 Å². The van der Waals surface area contributed by atoms with Gasteiger partial charge in [-0.15, -0.1) is 0 Å². The van der Waals surface area contributed by atoms with Gasteiger partial charge in [-0.3, -0.25) is 9.78 Å². The van der Waals surface area contributed by atoms with Gasteiger partial charge in [0.05, 0.1) is 11.2 Å². The van der Waals surface area contributed by atoms with E-state index in [1.807, 2.05) is 24.3 Å². The third kappa shape index (κ3) is 4.59. The Morgan fingerprint density at radius 2 is 2.03 bits per heavy atom. The van der Waals surface area contributed by atoms with Crippen LogP contribution in [0.1, 0.15) is 18.4 Å². The van der Waals surface area contributed by atoms with Gasteiger partial charge >= 0.3 is 0 Å². The molecule has 0 atom stereocenters. The third-order valence-corrected chi connectivity index (χ3v) is 5.72. The van der Waals surface area contributed by atoms with Crippen molar-refractivity contribution in [2.24, 2.45) is 0 Å². The fourth-order valence-electron chi connectivity index (χ4n) is 3.71. The molecule has 0 aliphatic carbocycles. The summed E-state index contributed by atoms with van der Waals surface area (Å²) in [4.78, 5) is 22.4. The minimum atomic E-state index is -0.574. The van der Waals surface area contributed by atoms with Gasteiger partial charge in [-0.2, -0.15) is 0 Å². The maximum atomic E-state index is 14.0. The van der Waals surface area contributed by atoms with Crippen LogP contribution in [0.4, 0.5) is 4.39 Å². The van der Waals surface area contributed by atoms with Gasteiger partial charge < -0.3 is 14.1 Å². The van der Waals surface area contributed by atoms with Gasteiger partial charge in [-0.1, -0.05) is 17.7 Å². The highest BCUT2D eigenvalue weighted by molar-refractivity contribution is 6.30. The van der Waals surface area contributed by atoms with E-state index in [0.717, 1.165) is 17.5 Å². The van der Waals surface area contributed by atoms with E-state index in [-0.39, 0.29) is 10.9 Å². The quantitative estimate of drug-likeness (QED) is 0.345. The Kier molecular flexibility index (Phi) is 5.79. The topological polar surface area (TPSA) is 68.5 Å². The van der Waals surface area contributed by atoms with E-state index in [0.29, 0.717) is 48.2 Å². The minimum Gasteiger partial charge on any atom is -0.457 e. The van der Waals surface area contributed by atoms with E-state index in [1.54, 1.807) is 35.6 Å². The summed E-state index contributed by atoms with van der Waals surface area (Å²) in [6, 6.07) is 13.5. The van der Waals surface area contributed by atoms with Gasteiger partial charge in [-0.25, -0.2) is 9.37 Å². The number of rotatable bonds is 6. The number of carbonyl (C=O) groups is 1. The maximum absolute atomic E-state index is 14.0. The minimum absolute atomic E-state index is 0.0155. The van der Waals surface area contributed by atoms with E-state index < -0.39 is 5.82 Å². The number of ether oxygens (including phenoxy) is 1. The fourth-order valence-corrected chi connectivity index (χ4v) is 3.82. The zero-order valence-corrected chi connectivity index (χ0v) is 18.3. The molecular weight excluding hydrogens is 445 g/mol. The van der Waals surface area contributed by atoms with Gasteiger partial charge in [-0.05, 0) is 42.8 Å². The van der Waals surface area contributed by atoms with Crippen LogP contribution in [0, 0.1) is 5.82 Å². The molecule has 0 unspecified atom stereocenters. The van der Waals surface area contributed by atoms with Crippen LogP contribution in [0.25, 0.3) is 22.8 Å². The average Bonchev–Trinajstić information content (AvgIpc) is 3.48. The van der Waals surface area contributed by atoms with E-state index in [9.17, 15) is 9.18 Å². The Morgan fingerprint density at radius 1 is 1.12 bits per heavy atom. The Hall–Kier alpha value is -3.71. The number of halogens is 2. The summed E-state index contributed by atoms with van der Waals surface area (Å²) in [6.07, 6.45) is 6.41. The third-order valence-electron chi connectivity index (χ3n) is 5.42. The maximum Gasteiger partial charge on any atom is 0.226 e. The monoisotopic (exact) mass is 463 g/mol. The smallest absolute Gasteiger partial charge is 0.226 e. The van der Waals surface area contributed by atoms with Crippen LogP contribution in [0.5, 0.6) is 11.5 Å². The summed E-state index contributed by atoms with van der Waals surface area (Å²) < 4.78 is 25.9. The second-order valence-electron chi connectivity index (χ2n) is 7.69. The lowest BCUT2D eigenvalue weighted by Gasteiger charge is -2.19. The van der Waals surface area contributed by atoms with Crippen LogP contribution >= 0.6 is 11.6 Å². The number of pyridine rings is 1. The molecule has 2 aromatic heterocycles. The molecule has 0 bridgehead atoms. The summed E-state index contributed by atoms with van der Waals surface area (Å²) in [7, 11) is 0. The van der Waals surface area contributed by atoms with Gasteiger partial charge in [0.25, 0.3) is 0 Å². The van der Waals surface area contributed by atoms with Crippen molar-refractivity contribution in [2.45, 2.75) is 19.4 Å². The van der Waals surface area contributed by atoms with Gasteiger partial charge in [0.1, 0.15) is 17.3 Å². The van der Waals surface area contributed by atoms with Crippen molar-refractivity contribution < 1.29 is 18.3 Å². The van der Waals surface area contributed by atoms with E-state index in [1.165, 1.54) is 12.1 Å². The number of carbonyl (C=O) groups excluding carboxylic acids is 1. The largest absolute Gasteiger partial charge is 0.457 e. The van der Waals surface area contributed by atoms with Gasteiger partial charge in [0.15, 0.2) is 5.76 Å². The zero-order chi connectivity index (χ0) is 22.8. The molecule has 1 amide bonds. The Balaban J connectivity index is 1.49. The zero-order valence-electron chi connectivity index (χ0n) is 17.5. The molecule has 3 heterocycles. The number of oxazole rings is 1. The predicted octanol–water partition coefficient (Wildman–Crippen LogP) is 6.11. The van der Waals surface area contributed by atoms with Crippen LogP contribution in [0.3, 0.4) is 0 Å². The van der Waals surface area contributed by atoms with Crippen LogP contribution in [-0.4, -0.2) is 27.3 Å². The molecule has 1 fully saturated rings. The normalized spacial score (nSPS) is 13.5. The average molecular weight is 464 g/mol. The van der Waals surface area contributed by atoms with E-state index in [2.05, 4.69) is 9.97 Å². The summed E-state index contributed by atoms with van der Waals surface area (Å²) in [6.45, 7) is 1.10. The highest BCUT2D eigenvalue weighted by Gasteiger charge is 2.22. The fraction of sp³-hybridized carbons (Fsp3) is 0.160. The lowest BCUT2D eigenvalue weighted by atomic mass is 10.1. The molecule has 6 nitrogen and oxygen atoms in total. The van der Waals surface area contributed by atoms with Crippen LogP contribution in [0.15, 0.2) is 71.5 Å². The first kappa shape index (κ1) is 21.2. The first-order chi connectivity index (χ1) is 16.1. The second-order valence-corrected chi connectivity index (χ2v) is 8.10. The van der Waals surface area contributed by atoms with Crippen LogP contribution in [0.2, 0.25) is 5.02 Å². The molecule has 0 saturated carbocycles. The van der Waals surface area contributed by atoms with Crippen molar-refractivity contribution in [3.05, 3.63) is 83.5 Å². The Labute approximate surface area is 194 Å². The highest BCUT2D eigenvalue weighted by Crippen LogP contribution is 2.34. The molecule has 166 valence electrons. The van der Waals surface area contributed by atoms with Crippen molar-refractivity contribution in [1.29, 1.82) is 0 Å². The SMILES string of the molecule is O=C1CCCN1Cc1ccc(-c2ncc(-c3cccnc3)o2)cc1Oc1ccc(Cl)c(F)c1.